The Labute approximate surface area is 58.0 Å². The molecular weight excluding hydrogens is 130 g/mol. The number of hydrogen-bond donors (Lipinski definition) is 1. The zero-order valence-corrected chi connectivity index (χ0v) is 5.39. The minimum Gasteiger partial charge on any atom is -0.459 e. The molecule has 0 aromatic carbocycles. The maximum absolute atomic E-state index is 11.0. The minimum absolute atomic E-state index is 0.0961. The quantitative estimate of drug-likeness (QED) is 0.585. The van der Waals surface area contributed by atoms with E-state index in [4.69, 9.17) is 4.42 Å². The van der Waals surface area contributed by atoms with E-state index >= 15 is 0 Å². The van der Waals surface area contributed by atoms with Crippen LogP contribution in [-0.4, -0.2) is 12.3 Å². The maximum atomic E-state index is 11.0. The van der Waals surface area contributed by atoms with Crippen molar-refractivity contribution in [3.05, 3.63) is 18.1 Å². The second kappa shape index (κ2) is 1.87. The Hall–Kier alpha value is -1.25. The highest BCUT2D eigenvalue weighted by molar-refractivity contribution is 6.00. The predicted octanol–water partition coefficient (Wildman–Crippen LogP) is 1.28. The maximum Gasteiger partial charge on any atom is 0.201 e. The van der Waals surface area contributed by atoms with Gasteiger partial charge in [-0.25, -0.2) is 0 Å². The van der Waals surface area contributed by atoms with Crippen LogP contribution in [0, 0.1) is 0 Å². The van der Waals surface area contributed by atoms with Crippen molar-refractivity contribution in [1.29, 1.82) is 0 Å². The van der Waals surface area contributed by atoms with E-state index in [-0.39, 0.29) is 5.78 Å². The lowest BCUT2D eigenvalue weighted by Crippen LogP contribution is -2.15. The van der Waals surface area contributed by atoms with Gasteiger partial charge in [0.2, 0.25) is 5.78 Å². The van der Waals surface area contributed by atoms with E-state index < -0.39 is 0 Å². The number of anilines is 1. The van der Waals surface area contributed by atoms with Crippen LogP contribution in [0.5, 0.6) is 0 Å². The third kappa shape index (κ3) is 0.635. The monoisotopic (exact) mass is 137 g/mol. The van der Waals surface area contributed by atoms with Crippen LogP contribution in [0.4, 0.5) is 5.69 Å². The summed E-state index contributed by atoms with van der Waals surface area (Å²) >= 11 is 0. The van der Waals surface area contributed by atoms with Crippen molar-refractivity contribution in [2.45, 2.75) is 6.42 Å². The SMILES string of the molecule is O=C1CCNc2ccoc21. The highest BCUT2D eigenvalue weighted by atomic mass is 16.3. The van der Waals surface area contributed by atoms with Crippen LogP contribution in [0.15, 0.2) is 16.7 Å². The second-order valence-electron chi connectivity index (χ2n) is 2.26. The van der Waals surface area contributed by atoms with Gasteiger partial charge in [-0.2, -0.15) is 0 Å². The number of Topliss-reactive ketones (excluding diaryl/α,β-unsaturated/α-hetero) is 1. The third-order valence-electron chi connectivity index (χ3n) is 1.59. The van der Waals surface area contributed by atoms with Gasteiger partial charge < -0.3 is 9.73 Å². The average Bonchev–Trinajstić information content (AvgIpc) is 2.36. The topological polar surface area (TPSA) is 42.2 Å². The standard InChI is InChI=1S/C7H7NO2/c9-6-1-3-8-5-2-4-10-7(5)6/h2,4,8H,1,3H2. The van der Waals surface area contributed by atoms with Crippen molar-refractivity contribution < 1.29 is 9.21 Å². The van der Waals surface area contributed by atoms with Gasteiger partial charge in [0.25, 0.3) is 0 Å². The van der Waals surface area contributed by atoms with E-state index in [9.17, 15) is 4.79 Å². The average molecular weight is 137 g/mol. The first kappa shape index (κ1) is 5.53. The van der Waals surface area contributed by atoms with Crippen molar-refractivity contribution in [2.24, 2.45) is 0 Å². The van der Waals surface area contributed by atoms with Gasteiger partial charge in [-0.1, -0.05) is 0 Å². The van der Waals surface area contributed by atoms with Crippen molar-refractivity contribution in [2.75, 3.05) is 11.9 Å². The summed E-state index contributed by atoms with van der Waals surface area (Å²) in [6, 6.07) is 1.77. The zero-order chi connectivity index (χ0) is 6.97. The van der Waals surface area contributed by atoms with Gasteiger partial charge in [-0.3, -0.25) is 4.79 Å². The minimum atomic E-state index is 0.0961. The fourth-order valence-corrected chi connectivity index (χ4v) is 1.09. The molecule has 0 unspecified atom stereocenters. The molecule has 0 radical (unpaired) electrons. The highest BCUT2D eigenvalue weighted by Crippen LogP contribution is 2.21. The molecule has 0 aliphatic carbocycles. The first-order valence-corrected chi connectivity index (χ1v) is 3.22. The lowest BCUT2D eigenvalue weighted by molar-refractivity contribution is 0.0956. The molecule has 0 saturated carbocycles. The lowest BCUT2D eigenvalue weighted by atomic mass is 10.1. The number of nitrogens with one attached hydrogen (secondary N) is 1. The van der Waals surface area contributed by atoms with Crippen LogP contribution < -0.4 is 5.32 Å². The molecule has 1 aromatic heterocycles. The van der Waals surface area contributed by atoms with Crippen molar-refractivity contribution in [3.63, 3.8) is 0 Å². The summed E-state index contributed by atoms with van der Waals surface area (Å²) in [5.74, 6) is 0.574. The molecule has 1 aliphatic rings. The Kier molecular flexibility index (Phi) is 1.03. The van der Waals surface area contributed by atoms with Crippen molar-refractivity contribution in [1.82, 2.24) is 0 Å². The molecule has 0 spiro atoms. The van der Waals surface area contributed by atoms with Gasteiger partial charge in [-0.15, -0.1) is 0 Å². The lowest BCUT2D eigenvalue weighted by Gasteiger charge is -2.09. The molecule has 3 nitrogen and oxygen atoms in total. The van der Waals surface area contributed by atoms with Crippen LogP contribution in [0.3, 0.4) is 0 Å². The van der Waals surface area contributed by atoms with Gasteiger partial charge in [-0.05, 0) is 0 Å². The molecular formula is C7H7NO2. The molecule has 0 fully saturated rings. The smallest absolute Gasteiger partial charge is 0.201 e. The Morgan fingerprint density at radius 3 is 3.30 bits per heavy atom. The van der Waals surface area contributed by atoms with Gasteiger partial charge in [0, 0.05) is 19.0 Å². The van der Waals surface area contributed by atoms with Gasteiger partial charge in [0.05, 0.1) is 12.0 Å². The van der Waals surface area contributed by atoms with Crippen molar-refractivity contribution in [3.8, 4) is 0 Å². The van der Waals surface area contributed by atoms with E-state index in [0.29, 0.717) is 12.2 Å². The first-order valence-electron chi connectivity index (χ1n) is 3.22. The molecule has 1 aromatic rings. The van der Waals surface area contributed by atoms with E-state index in [0.717, 1.165) is 12.2 Å². The summed E-state index contributed by atoms with van der Waals surface area (Å²) < 4.78 is 4.96. The van der Waals surface area contributed by atoms with Gasteiger partial charge in [0.1, 0.15) is 0 Å². The van der Waals surface area contributed by atoms with Crippen LogP contribution in [0.2, 0.25) is 0 Å². The second-order valence-corrected chi connectivity index (χ2v) is 2.26. The molecule has 1 N–H and O–H groups in total. The molecule has 2 rings (SSSR count). The van der Waals surface area contributed by atoms with E-state index in [1.165, 1.54) is 6.26 Å². The van der Waals surface area contributed by atoms with Gasteiger partial charge in [0.15, 0.2) is 5.76 Å². The number of carbonyl (C=O) groups is 1. The first-order chi connectivity index (χ1) is 4.88. The summed E-state index contributed by atoms with van der Waals surface area (Å²) in [5, 5.41) is 3.06. The summed E-state index contributed by atoms with van der Waals surface area (Å²) in [6.45, 7) is 0.728. The van der Waals surface area contributed by atoms with Crippen LogP contribution in [-0.2, 0) is 0 Å². The van der Waals surface area contributed by atoms with E-state index in [2.05, 4.69) is 5.32 Å². The number of fused-ring (bicyclic) bond motifs is 1. The summed E-state index contributed by atoms with van der Waals surface area (Å²) in [5.41, 5.74) is 0.830. The molecule has 0 amide bonds. The van der Waals surface area contributed by atoms with Crippen LogP contribution >= 0.6 is 0 Å². The Morgan fingerprint density at radius 1 is 1.60 bits per heavy atom. The summed E-state index contributed by atoms with van der Waals surface area (Å²) in [4.78, 5) is 11.0. The highest BCUT2D eigenvalue weighted by Gasteiger charge is 2.18. The Morgan fingerprint density at radius 2 is 2.50 bits per heavy atom. The van der Waals surface area contributed by atoms with Gasteiger partial charge >= 0.3 is 0 Å². The molecule has 3 heteroatoms. The number of ketones is 1. The number of furan rings is 1. The van der Waals surface area contributed by atoms with E-state index in [1.54, 1.807) is 6.07 Å². The third-order valence-corrected chi connectivity index (χ3v) is 1.59. The summed E-state index contributed by atoms with van der Waals surface area (Å²) in [6.07, 6.45) is 2.07. The molecule has 0 bridgehead atoms. The molecule has 0 saturated heterocycles. The number of hydrogen-bond acceptors (Lipinski definition) is 3. The number of carbonyl (C=O) groups excluding carboxylic acids is 1. The normalized spacial score (nSPS) is 16.2. The molecule has 52 valence electrons. The molecule has 1 aliphatic heterocycles. The van der Waals surface area contributed by atoms with Crippen LogP contribution in [0.25, 0.3) is 0 Å². The molecule has 0 atom stereocenters. The van der Waals surface area contributed by atoms with Crippen molar-refractivity contribution >= 4 is 11.5 Å². The Balaban J connectivity index is 2.50. The predicted molar refractivity (Wildman–Crippen MR) is 36.1 cm³/mol. The summed E-state index contributed by atoms with van der Waals surface area (Å²) in [7, 11) is 0. The Bertz CT molecular complexity index is 264. The largest absolute Gasteiger partial charge is 0.459 e. The zero-order valence-electron chi connectivity index (χ0n) is 5.39. The van der Waals surface area contributed by atoms with E-state index in [1.807, 2.05) is 0 Å². The fourth-order valence-electron chi connectivity index (χ4n) is 1.09. The van der Waals surface area contributed by atoms with Crippen LogP contribution in [0.1, 0.15) is 17.0 Å². The molecule has 2 heterocycles. The molecule has 10 heavy (non-hydrogen) atoms. The number of rotatable bonds is 0. The fraction of sp³-hybridized carbons (Fsp3) is 0.286.